The fourth-order valence-corrected chi connectivity index (χ4v) is 3.02. The number of hydrogen-bond donors (Lipinski definition) is 1. The molecule has 0 spiro atoms. The normalized spacial score (nSPS) is 17.0. The SMILES string of the molecule is COc1ccccc1C1(CNc2ncccn2)CCOCC1. The van der Waals surface area contributed by atoms with E-state index in [1.54, 1.807) is 19.5 Å². The van der Waals surface area contributed by atoms with E-state index in [0.29, 0.717) is 5.95 Å². The fraction of sp³-hybridized carbons (Fsp3) is 0.412. The van der Waals surface area contributed by atoms with Crippen molar-refractivity contribution in [3.8, 4) is 5.75 Å². The topological polar surface area (TPSA) is 56.3 Å². The highest BCUT2D eigenvalue weighted by Crippen LogP contribution is 2.39. The largest absolute Gasteiger partial charge is 0.496 e. The first-order chi connectivity index (χ1) is 10.8. The lowest BCUT2D eigenvalue weighted by Gasteiger charge is -2.38. The Bertz CT molecular complexity index is 598. The summed E-state index contributed by atoms with van der Waals surface area (Å²) in [6.07, 6.45) is 5.39. The molecular formula is C17H21N3O2. The maximum absolute atomic E-state index is 5.58. The smallest absolute Gasteiger partial charge is 0.222 e. The van der Waals surface area contributed by atoms with Crippen LogP contribution in [0.1, 0.15) is 18.4 Å². The van der Waals surface area contributed by atoms with E-state index in [2.05, 4.69) is 27.4 Å². The van der Waals surface area contributed by atoms with Gasteiger partial charge in [0.05, 0.1) is 7.11 Å². The number of nitrogens with zero attached hydrogens (tertiary/aromatic N) is 2. The van der Waals surface area contributed by atoms with Crippen molar-refractivity contribution < 1.29 is 9.47 Å². The van der Waals surface area contributed by atoms with Gasteiger partial charge in [0.1, 0.15) is 5.75 Å². The Morgan fingerprint density at radius 3 is 2.59 bits per heavy atom. The molecule has 1 aromatic heterocycles. The Morgan fingerprint density at radius 1 is 1.14 bits per heavy atom. The molecular weight excluding hydrogens is 278 g/mol. The van der Waals surface area contributed by atoms with Gasteiger partial charge in [-0.2, -0.15) is 0 Å². The van der Waals surface area contributed by atoms with E-state index in [0.717, 1.165) is 38.3 Å². The molecule has 1 N–H and O–H groups in total. The standard InChI is InChI=1S/C17H21N3O2/c1-21-15-6-3-2-5-14(15)17(7-11-22-12-8-17)13-20-16-18-9-4-10-19-16/h2-6,9-10H,7-8,11-13H2,1H3,(H,18,19,20). The molecule has 2 heterocycles. The Balaban J connectivity index is 1.87. The predicted octanol–water partition coefficient (Wildman–Crippen LogP) is 2.65. The van der Waals surface area contributed by atoms with Gasteiger partial charge in [0, 0.05) is 43.1 Å². The van der Waals surface area contributed by atoms with Gasteiger partial charge < -0.3 is 14.8 Å². The van der Waals surface area contributed by atoms with Crippen LogP contribution in [0.25, 0.3) is 0 Å². The first-order valence-electron chi connectivity index (χ1n) is 7.56. The highest BCUT2D eigenvalue weighted by atomic mass is 16.5. The van der Waals surface area contributed by atoms with Crippen LogP contribution in [0.5, 0.6) is 5.75 Å². The van der Waals surface area contributed by atoms with Crippen LogP contribution in [0.2, 0.25) is 0 Å². The average molecular weight is 299 g/mol. The quantitative estimate of drug-likeness (QED) is 0.920. The van der Waals surface area contributed by atoms with E-state index in [4.69, 9.17) is 9.47 Å². The van der Waals surface area contributed by atoms with E-state index in [9.17, 15) is 0 Å². The number of hydrogen-bond acceptors (Lipinski definition) is 5. The molecule has 1 aliphatic heterocycles. The molecule has 0 radical (unpaired) electrons. The highest BCUT2D eigenvalue weighted by Gasteiger charge is 2.36. The lowest BCUT2D eigenvalue weighted by Crippen LogP contribution is -2.40. The van der Waals surface area contributed by atoms with Crippen LogP contribution in [-0.2, 0) is 10.2 Å². The molecule has 0 amide bonds. The molecule has 5 nitrogen and oxygen atoms in total. The summed E-state index contributed by atoms with van der Waals surface area (Å²) in [5.74, 6) is 1.59. The molecule has 116 valence electrons. The van der Waals surface area contributed by atoms with E-state index >= 15 is 0 Å². The summed E-state index contributed by atoms with van der Waals surface area (Å²) in [7, 11) is 1.72. The van der Waals surface area contributed by atoms with Gasteiger partial charge in [-0.1, -0.05) is 18.2 Å². The summed E-state index contributed by atoms with van der Waals surface area (Å²) in [4.78, 5) is 8.49. The summed E-state index contributed by atoms with van der Waals surface area (Å²) in [5.41, 5.74) is 1.20. The molecule has 2 aromatic rings. The summed E-state index contributed by atoms with van der Waals surface area (Å²) in [6.45, 7) is 2.28. The summed E-state index contributed by atoms with van der Waals surface area (Å²) in [6, 6.07) is 10.1. The van der Waals surface area contributed by atoms with Crippen LogP contribution in [0.3, 0.4) is 0 Å². The average Bonchev–Trinajstić information content (AvgIpc) is 2.62. The number of ether oxygens (including phenoxy) is 2. The van der Waals surface area contributed by atoms with E-state index in [1.165, 1.54) is 5.56 Å². The van der Waals surface area contributed by atoms with Crippen LogP contribution in [0.4, 0.5) is 5.95 Å². The third kappa shape index (κ3) is 3.04. The number of para-hydroxylation sites is 1. The molecule has 1 fully saturated rings. The molecule has 22 heavy (non-hydrogen) atoms. The summed E-state index contributed by atoms with van der Waals surface area (Å²) in [5, 5.41) is 3.37. The van der Waals surface area contributed by atoms with Crippen LogP contribution in [0.15, 0.2) is 42.7 Å². The molecule has 1 aromatic carbocycles. The van der Waals surface area contributed by atoms with Crippen molar-refractivity contribution in [2.45, 2.75) is 18.3 Å². The van der Waals surface area contributed by atoms with Crippen molar-refractivity contribution in [1.82, 2.24) is 9.97 Å². The summed E-state index contributed by atoms with van der Waals surface area (Å²) < 4.78 is 11.1. The molecule has 0 atom stereocenters. The monoisotopic (exact) mass is 299 g/mol. The van der Waals surface area contributed by atoms with Crippen molar-refractivity contribution in [3.05, 3.63) is 48.3 Å². The zero-order chi connectivity index (χ0) is 15.3. The van der Waals surface area contributed by atoms with Crippen molar-refractivity contribution in [2.75, 3.05) is 32.2 Å². The van der Waals surface area contributed by atoms with Crippen molar-refractivity contribution in [1.29, 1.82) is 0 Å². The van der Waals surface area contributed by atoms with E-state index in [-0.39, 0.29) is 5.41 Å². The number of aromatic nitrogens is 2. The van der Waals surface area contributed by atoms with Crippen LogP contribution in [-0.4, -0.2) is 36.8 Å². The van der Waals surface area contributed by atoms with Crippen molar-refractivity contribution >= 4 is 5.95 Å². The molecule has 1 aliphatic rings. The van der Waals surface area contributed by atoms with Crippen LogP contribution in [0, 0.1) is 0 Å². The fourth-order valence-electron chi connectivity index (χ4n) is 3.02. The molecule has 0 unspecified atom stereocenters. The molecule has 0 aliphatic carbocycles. The minimum Gasteiger partial charge on any atom is -0.496 e. The van der Waals surface area contributed by atoms with Gasteiger partial charge in [0.2, 0.25) is 5.95 Å². The Hall–Kier alpha value is -2.14. The number of anilines is 1. The van der Waals surface area contributed by atoms with Crippen molar-refractivity contribution in [2.24, 2.45) is 0 Å². The Morgan fingerprint density at radius 2 is 1.86 bits per heavy atom. The van der Waals surface area contributed by atoms with Gasteiger partial charge in [-0.05, 0) is 25.0 Å². The van der Waals surface area contributed by atoms with Gasteiger partial charge in [0.15, 0.2) is 0 Å². The highest BCUT2D eigenvalue weighted by molar-refractivity contribution is 5.42. The second-order valence-electron chi connectivity index (χ2n) is 5.52. The van der Waals surface area contributed by atoms with E-state index < -0.39 is 0 Å². The Labute approximate surface area is 130 Å². The van der Waals surface area contributed by atoms with Gasteiger partial charge in [-0.25, -0.2) is 9.97 Å². The van der Waals surface area contributed by atoms with Crippen LogP contribution < -0.4 is 10.1 Å². The molecule has 0 bridgehead atoms. The predicted molar refractivity (Wildman–Crippen MR) is 85.2 cm³/mol. The second-order valence-corrected chi connectivity index (χ2v) is 5.52. The van der Waals surface area contributed by atoms with E-state index in [1.807, 2.05) is 18.2 Å². The second kappa shape index (κ2) is 6.75. The minimum absolute atomic E-state index is 0.0238. The molecule has 0 saturated carbocycles. The number of rotatable bonds is 5. The van der Waals surface area contributed by atoms with Gasteiger partial charge in [-0.15, -0.1) is 0 Å². The number of benzene rings is 1. The zero-order valence-corrected chi connectivity index (χ0v) is 12.8. The first-order valence-corrected chi connectivity index (χ1v) is 7.56. The summed E-state index contributed by atoms with van der Waals surface area (Å²) >= 11 is 0. The number of nitrogens with one attached hydrogen (secondary N) is 1. The minimum atomic E-state index is -0.0238. The van der Waals surface area contributed by atoms with Gasteiger partial charge >= 0.3 is 0 Å². The molecule has 1 saturated heterocycles. The first kappa shape index (κ1) is 14.8. The van der Waals surface area contributed by atoms with Crippen molar-refractivity contribution in [3.63, 3.8) is 0 Å². The third-order valence-electron chi connectivity index (χ3n) is 4.28. The van der Waals surface area contributed by atoms with Gasteiger partial charge in [0.25, 0.3) is 0 Å². The third-order valence-corrected chi connectivity index (χ3v) is 4.28. The Kier molecular flexibility index (Phi) is 4.53. The number of methoxy groups -OCH3 is 1. The van der Waals surface area contributed by atoms with Crippen LogP contribution >= 0.6 is 0 Å². The molecule has 5 heteroatoms. The maximum Gasteiger partial charge on any atom is 0.222 e. The molecule has 3 rings (SSSR count). The lowest BCUT2D eigenvalue weighted by molar-refractivity contribution is 0.0535. The zero-order valence-electron chi connectivity index (χ0n) is 12.8. The lowest BCUT2D eigenvalue weighted by atomic mass is 9.73. The maximum atomic E-state index is 5.58. The van der Waals surface area contributed by atoms with Gasteiger partial charge in [-0.3, -0.25) is 0 Å².